The molecular weight excluding hydrogens is 404 g/mol. The number of nitrogens with zero attached hydrogens (tertiary/aromatic N) is 1. The summed E-state index contributed by atoms with van der Waals surface area (Å²) in [6.45, 7) is 1.59. The molecule has 112 valence electrons. The smallest absolute Gasteiger partial charge is 0.144 e. The molecule has 0 heterocycles. The van der Waals surface area contributed by atoms with Gasteiger partial charge in [-0.3, -0.25) is 4.90 Å². The van der Waals surface area contributed by atoms with Crippen LogP contribution in [0.4, 0.5) is 8.78 Å². The SMILES string of the molecule is Fc1ccc(Br)c(F)c1CN(CCBr)Cc1ccccc1. The van der Waals surface area contributed by atoms with Crippen molar-refractivity contribution in [3.63, 3.8) is 0 Å². The van der Waals surface area contributed by atoms with Crippen molar-refractivity contribution in [3.8, 4) is 0 Å². The first-order valence-corrected chi connectivity index (χ1v) is 8.48. The third-order valence-corrected chi connectivity index (χ3v) is 4.14. The van der Waals surface area contributed by atoms with Crippen molar-refractivity contribution in [2.45, 2.75) is 13.1 Å². The predicted octanol–water partition coefficient (Wildman–Crippen LogP) is 5.12. The molecule has 0 bridgehead atoms. The molecule has 0 N–H and O–H groups in total. The maximum absolute atomic E-state index is 14.1. The Bertz CT molecular complexity index is 590. The number of alkyl halides is 1. The van der Waals surface area contributed by atoms with Gasteiger partial charge >= 0.3 is 0 Å². The Morgan fingerprint density at radius 3 is 2.33 bits per heavy atom. The third kappa shape index (κ3) is 4.59. The fourth-order valence-corrected chi connectivity index (χ4v) is 2.99. The summed E-state index contributed by atoms with van der Waals surface area (Å²) in [5.41, 5.74) is 1.22. The van der Waals surface area contributed by atoms with Crippen molar-refractivity contribution in [3.05, 3.63) is 69.7 Å². The van der Waals surface area contributed by atoms with E-state index in [-0.39, 0.29) is 16.6 Å². The lowest BCUT2D eigenvalue weighted by Crippen LogP contribution is -2.26. The fourth-order valence-electron chi connectivity index (χ4n) is 2.11. The summed E-state index contributed by atoms with van der Waals surface area (Å²) in [4.78, 5) is 2.01. The molecular formula is C16H15Br2F2N. The molecule has 2 aromatic carbocycles. The van der Waals surface area contributed by atoms with Crippen LogP contribution in [0.25, 0.3) is 0 Å². The first kappa shape index (κ1) is 16.6. The van der Waals surface area contributed by atoms with E-state index in [2.05, 4.69) is 31.9 Å². The maximum Gasteiger partial charge on any atom is 0.144 e. The van der Waals surface area contributed by atoms with Crippen molar-refractivity contribution >= 4 is 31.9 Å². The molecule has 0 amide bonds. The van der Waals surface area contributed by atoms with Gasteiger partial charge in [-0.2, -0.15) is 0 Å². The van der Waals surface area contributed by atoms with E-state index in [4.69, 9.17) is 0 Å². The standard InChI is InChI=1S/C16H15Br2F2N/c17-8-9-21(10-12-4-2-1-3-5-12)11-13-15(19)7-6-14(18)16(13)20/h1-7H,8-11H2. The molecule has 0 aromatic heterocycles. The van der Waals surface area contributed by atoms with E-state index in [9.17, 15) is 8.78 Å². The number of halogens is 4. The zero-order valence-electron chi connectivity index (χ0n) is 11.3. The maximum atomic E-state index is 14.1. The molecule has 0 radical (unpaired) electrons. The molecule has 1 nitrogen and oxygen atoms in total. The third-order valence-electron chi connectivity index (χ3n) is 3.17. The molecule has 2 rings (SSSR count). The molecule has 0 aliphatic carbocycles. The van der Waals surface area contributed by atoms with E-state index >= 15 is 0 Å². The highest BCUT2D eigenvalue weighted by Crippen LogP contribution is 2.23. The summed E-state index contributed by atoms with van der Waals surface area (Å²) in [6.07, 6.45) is 0. The van der Waals surface area contributed by atoms with Crippen LogP contribution in [0.1, 0.15) is 11.1 Å². The van der Waals surface area contributed by atoms with Crippen LogP contribution in [0.3, 0.4) is 0 Å². The summed E-state index contributed by atoms with van der Waals surface area (Å²) in [7, 11) is 0. The average molecular weight is 419 g/mol. The van der Waals surface area contributed by atoms with Crippen LogP contribution in [-0.2, 0) is 13.1 Å². The summed E-state index contributed by atoms with van der Waals surface area (Å²) in [5, 5.41) is 0.747. The van der Waals surface area contributed by atoms with Crippen LogP contribution in [0.2, 0.25) is 0 Å². The average Bonchev–Trinajstić information content (AvgIpc) is 2.49. The normalized spacial score (nSPS) is 11.1. The molecule has 0 fully saturated rings. The predicted molar refractivity (Wildman–Crippen MR) is 88.4 cm³/mol. The van der Waals surface area contributed by atoms with Crippen LogP contribution >= 0.6 is 31.9 Å². The van der Waals surface area contributed by atoms with Gasteiger partial charge in [-0.1, -0.05) is 46.3 Å². The lowest BCUT2D eigenvalue weighted by atomic mass is 10.1. The van der Waals surface area contributed by atoms with Crippen LogP contribution in [-0.4, -0.2) is 16.8 Å². The number of rotatable bonds is 6. The largest absolute Gasteiger partial charge is 0.294 e. The number of benzene rings is 2. The van der Waals surface area contributed by atoms with Gasteiger partial charge < -0.3 is 0 Å². The molecule has 5 heteroatoms. The minimum Gasteiger partial charge on any atom is -0.294 e. The van der Waals surface area contributed by atoms with E-state index in [1.165, 1.54) is 12.1 Å². The fraction of sp³-hybridized carbons (Fsp3) is 0.250. The Balaban J connectivity index is 2.19. The highest BCUT2D eigenvalue weighted by Gasteiger charge is 2.16. The van der Waals surface area contributed by atoms with Gasteiger partial charge in [-0.05, 0) is 33.6 Å². The molecule has 0 aliphatic heterocycles. The van der Waals surface area contributed by atoms with E-state index in [1.807, 2.05) is 35.2 Å². The Hall–Kier alpha value is -0.780. The molecule has 0 saturated carbocycles. The van der Waals surface area contributed by atoms with Crippen molar-refractivity contribution < 1.29 is 8.78 Å². The van der Waals surface area contributed by atoms with Gasteiger partial charge in [0, 0.05) is 30.5 Å². The topological polar surface area (TPSA) is 3.24 Å². The van der Waals surface area contributed by atoms with Gasteiger partial charge in [0.1, 0.15) is 11.6 Å². The molecule has 0 atom stereocenters. The molecule has 2 aromatic rings. The zero-order chi connectivity index (χ0) is 15.2. The van der Waals surface area contributed by atoms with E-state index in [0.717, 1.165) is 10.9 Å². The summed E-state index contributed by atoms with van der Waals surface area (Å²) in [6, 6.07) is 12.6. The first-order valence-electron chi connectivity index (χ1n) is 6.56. The van der Waals surface area contributed by atoms with Crippen LogP contribution in [0.15, 0.2) is 46.9 Å². The molecule has 0 unspecified atom stereocenters. The Labute approximate surface area is 140 Å². The first-order chi connectivity index (χ1) is 10.1. The minimum atomic E-state index is -0.525. The van der Waals surface area contributed by atoms with Crippen LogP contribution < -0.4 is 0 Å². The van der Waals surface area contributed by atoms with Gasteiger partial charge in [0.2, 0.25) is 0 Å². The summed E-state index contributed by atoms with van der Waals surface area (Å²) >= 11 is 6.50. The lowest BCUT2D eigenvalue weighted by molar-refractivity contribution is 0.265. The summed E-state index contributed by atoms with van der Waals surface area (Å²) in [5.74, 6) is -1.04. The van der Waals surface area contributed by atoms with Crippen LogP contribution in [0, 0.1) is 11.6 Å². The number of hydrogen-bond acceptors (Lipinski definition) is 1. The highest BCUT2D eigenvalue weighted by atomic mass is 79.9. The molecule has 0 spiro atoms. The van der Waals surface area contributed by atoms with Crippen molar-refractivity contribution in [1.82, 2.24) is 4.90 Å². The van der Waals surface area contributed by atoms with Crippen molar-refractivity contribution in [1.29, 1.82) is 0 Å². The van der Waals surface area contributed by atoms with Gasteiger partial charge in [0.15, 0.2) is 0 Å². The van der Waals surface area contributed by atoms with Crippen molar-refractivity contribution in [2.75, 3.05) is 11.9 Å². The van der Waals surface area contributed by atoms with E-state index in [1.54, 1.807) is 0 Å². The molecule has 0 aliphatic rings. The second kappa shape index (κ2) is 8.01. The second-order valence-electron chi connectivity index (χ2n) is 4.71. The monoisotopic (exact) mass is 417 g/mol. The Morgan fingerprint density at radius 2 is 1.67 bits per heavy atom. The van der Waals surface area contributed by atoms with Crippen LogP contribution in [0.5, 0.6) is 0 Å². The van der Waals surface area contributed by atoms with Gasteiger partial charge in [-0.15, -0.1) is 0 Å². The van der Waals surface area contributed by atoms with Gasteiger partial charge in [0.25, 0.3) is 0 Å². The summed E-state index contributed by atoms with van der Waals surface area (Å²) < 4.78 is 28.2. The lowest BCUT2D eigenvalue weighted by Gasteiger charge is -2.22. The number of hydrogen-bond donors (Lipinski definition) is 0. The highest BCUT2D eigenvalue weighted by molar-refractivity contribution is 9.10. The second-order valence-corrected chi connectivity index (χ2v) is 6.35. The minimum absolute atomic E-state index is 0.0984. The molecule has 0 saturated heterocycles. The molecule has 21 heavy (non-hydrogen) atoms. The van der Waals surface area contributed by atoms with Gasteiger partial charge in [0.05, 0.1) is 4.47 Å². The van der Waals surface area contributed by atoms with E-state index in [0.29, 0.717) is 13.1 Å². The van der Waals surface area contributed by atoms with Crippen molar-refractivity contribution in [2.24, 2.45) is 0 Å². The Kier molecular flexibility index (Phi) is 6.33. The van der Waals surface area contributed by atoms with E-state index < -0.39 is 11.6 Å². The van der Waals surface area contributed by atoms with Gasteiger partial charge in [-0.25, -0.2) is 8.78 Å². The zero-order valence-corrected chi connectivity index (χ0v) is 14.5. The Morgan fingerprint density at radius 1 is 0.952 bits per heavy atom. The quantitative estimate of drug-likeness (QED) is 0.464.